The van der Waals surface area contributed by atoms with E-state index in [1.165, 1.54) is 6.42 Å². The zero-order valence-electron chi connectivity index (χ0n) is 15.7. The number of carbonyl (C=O) groups excluding carboxylic acids is 1. The molecule has 1 atom stereocenters. The van der Waals surface area contributed by atoms with E-state index in [2.05, 4.69) is 0 Å². The maximum atomic E-state index is 13.2. The van der Waals surface area contributed by atoms with Crippen LogP contribution in [0.4, 0.5) is 0 Å². The van der Waals surface area contributed by atoms with Gasteiger partial charge in [-0.2, -0.15) is 8.42 Å². The van der Waals surface area contributed by atoms with Crippen molar-refractivity contribution < 1.29 is 17.4 Å². The number of hydrogen-bond donors (Lipinski definition) is 0. The van der Waals surface area contributed by atoms with Gasteiger partial charge in [0.2, 0.25) is 0 Å². The minimum atomic E-state index is -3.93. The Morgan fingerprint density at radius 1 is 0.923 bits per heavy atom. The molecule has 0 N–H and O–H groups in total. The Bertz CT molecular complexity index is 696. The van der Waals surface area contributed by atoms with Gasteiger partial charge in [-0.1, -0.05) is 56.2 Å². The Balaban J connectivity index is 1.82. The highest BCUT2D eigenvalue weighted by Gasteiger charge is 2.38. The van der Waals surface area contributed by atoms with Crippen LogP contribution in [0.25, 0.3) is 0 Å². The molecule has 2 saturated carbocycles. The molecule has 4 nitrogen and oxygen atoms in total. The third-order valence-corrected chi connectivity index (χ3v) is 7.22. The fourth-order valence-electron chi connectivity index (χ4n) is 4.31. The number of aryl methyl sites for hydroxylation is 1. The van der Waals surface area contributed by atoms with Crippen molar-refractivity contribution in [3.63, 3.8) is 0 Å². The maximum Gasteiger partial charge on any atom is 0.297 e. The van der Waals surface area contributed by atoms with E-state index < -0.39 is 16.2 Å². The van der Waals surface area contributed by atoms with Crippen LogP contribution < -0.4 is 0 Å². The molecule has 26 heavy (non-hydrogen) atoms. The van der Waals surface area contributed by atoms with E-state index in [-0.39, 0.29) is 22.5 Å². The molecule has 1 aromatic rings. The van der Waals surface area contributed by atoms with Crippen molar-refractivity contribution in [1.29, 1.82) is 0 Å². The summed E-state index contributed by atoms with van der Waals surface area (Å²) in [6.45, 7) is 1.91. The van der Waals surface area contributed by atoms with Crippen LogP contribution in [-0.4, -0.2) is 20.3 Å². The van der Waals surface area contributed by atoms with Crippen LogP contribution in [0.2, 0.25) is 0 Å². The number of Topliss-reactive ketones (excluding diaryl/α,β-unsaturated/α-hetero) is 1. The Kier molecular flexibility index (Phi) is 6.51. The van der Waals surface area contributed by atoms with E-state index in [0.29, 0.717) is 0 Å². The summed E-state index contributed by atoms with van der Waals surface area (Å²) in [5.41, 5.74) is 0.992. The molecular weight excluding hydrogens is 348 g/mol. The fraction of sp³-hybridized carbons (Fsp3) is 0.667. The van der Waals surface area contributed by atoms with Gasteiger partial charge in [-0.15, -0.1) is 0 Å². The highest BCUT2D eigenvalue weighted by molar-refractivity contribution is 7.86. The van der Waals surface area contributed by atoms with Gasteiger partial charge in [0.15, 0.2) is 5.78 Å². The van der Waals surface area contributed by atoms with Crippen molar-refractivity contribution >= 4 is 15.9 Å². The molecule has 2 aliphatic carbocycles. The first-order chi connectivity index (χ1) is 12.5. The van der Waals surface area contributed by atoms with Crippen LogP contribution in [0.15, 0.2) is 29.2 Å². The minimum absolute atomic E-state index is 0.0206. The molecule has 1 unspecified atom stereocenters. The van der Waals surface area contributed by atoms with Gasteiger partial charge < -0.3 is 0 Å². The Morgan fingerprint density at radius 3 is 2.04 bits per heavy atom. The lowest BCUT2D eigenvalue weighted by atomic mass is 9.78. The van der Waals surface area contributed by atoms with E-state index in [1.54, 1.807) is 24.3 Å². The Labute approximate surface area is 157 Å². The molecule has 0 amide bonds. The van der Waals surface area contributed by atoms with Crippen molar-refractivity contribution in [2.45, 2.75) is 82.1 Å². The average molecular weight is 379 g/mol. The smallest absolute Gasteiger partial charge is 0.296 e. The zero-order chi connectivity index (χ0) is 18.6. The zero-order valence-corrected chi connectivity index (χ0v) is 16.5. The molecular formula is C21H30O4S. The Hall–Kier alpha value is -1.20. The quantitative estimate of drug-likeness (QED) is 0.667. The van der Waals surface area contributed by atoms with Crippen molar-refractivity contribution in [1.82, 2.24) is 0 Å². The van der Waals surface area contributed by atoms with Gasteiger partial charge >= 0.3 is 0 Å². The second-order valence-corrected chi connectivity index (χ2v) is 9.49. The fourth-order valence-corrected chi connectivity index (χ4v) is 5.42. The van der Waals surface area contributed by atoms with Crippen molar-refractivity contribution in [3.05, 3.63) is 29.8 Å². The first kappa shape index (κ1) is 19.6. The molecule has 5 heteroatoms. The second kappa shape index (κ2) is 8.66. The van der Waals surface area contributed by atoms with Gasteiger partial charge in [-0.25, -0.2) is 0 Å². The van der Waals surface area contributed by atoms with Crippen molar-refractivity contribution in [3.8, 4) is 0 Å². The molecule has 2 fully saturated rings. The lowest BCUT2D eigenvalue weighted by molar-refractivity contribution is -0.133. The van der Waals surface area contributed by atoms with E-state index in [0.717, 1.165) is 63.4 Å². The molecule has 0 aromatic heterocycles. The van der Waals surface area contributed by atoms with Crippen LogP contribution in [0.1, 0.15) is 69.8 Å². The van der Waals surface area contributed by atoms with Crippen LogP contribution >= 0.6 is 0 Å². The summed E-state index contributed by atoms with van der Waals surface area (Å²) in [6.07, 6.45) is 9.22. The molecule has 0 aliphatic heterocycles. The van der Waals surface area contributed by atoms with Gasteiger partial charge in [0.25, 0.3) is 10.1 Å². The minimum Gasteiger partial charge on any atom is -0.296 e. The molecule has 3 rings (SSSR count). The standard InChI is InChI=1S/C21H30O4S/c1-16-12-14-19(15-13-16)26(23,24)25-21(18-10-6-3-7-11-18)20(22)17-8-4-2-5-9-17/h12-15,17-18,21H,2-11H2,1H3. The van der Waals surface area contributed by atoms with Crippen LogP contribution in [0.5, 0.6) is 0 Å². The van der Waals surface area contributed by atoms with Crippen molar-refractivity contribution in [2.24, 2.45) is 11.8 Å². The lowest BCUT2D eigenvalue weighted by Gasteiger charge is -2.32. The highest BCUT2D eigenvalue weighted by Crippen LogP contribution is 2.34. The predicted molar refractivity (Wildman–Crippen MR) is 101 cm³/mol. The lowest BCUT2D eigenvalue weighted by Crippen LogP contribution is -2.40. The molecule has 1 aromatic carbocycles. The van der Waals surface area contributed by atoms with Gasteiger partial charge in [0.05, 0.1) is 4.90 Å². The van der Waals surface area contributed by atoms with E-state index in [4.69, 9.17) is 4.18 Å². The summed E-state index contributed by atoms with van der Waals surface area (Å²) in [6, 6.07) is 6.64. The first-order valence-electron chi connectivity index (χ1n) is 10.0. The monoisotopic (exact) mass is 378 g/mol. The van der Waals surface area contributed by atoms with Gasteiger partial charge in [0.1, 0.15) is 6.10 Å². The number of rotatable bonds is 6. The van der Waals surface area contributed by atoms with Crippen LogP contribution in [0, 0.1) is 18.8 Å². The number of hydrogen-bond acceptors (Lipinski definition) is 4. The molecule has 0 spiro atoms. The molecule has 144 valence electrons. The highest BCUT2D eigenvalue weighted by atomic mass is 32.2. The summed E-state index contributed by atoms with van der Waals surface area (Å²) in [5.74, 6) is 0.00887. The third-order valence-electron chi connectivity index (χ3n) is 5.91. The number of carbonyl (C=O) groups is 1. The summed E-state index contributed by atoms with van der Waals surface area (Å²) in [4.78, 5) is 13.3. The van der Waals surface area contributed by atoms with E-state index in [1.807, 2.05) is 6.92 Å². The predicted octanol–water partition coefficient (Wildman–Crippen LogP) is 4.80. The third kappa shape index (κ3) is 4.74. The van der Waals surface area contributed by atoms with Crippen LogP contribution in [0.3, 0.4) is 0 Å². The molecule has 0 heterocycles. The Morgan fingerprint density at radius 2 is 1.46 bits per heavy atom. The SMILES string of the molecule is Cc1ccc(S(=O)(=O)OC(C(=O)C2CCCCC2)C2CCCCC2)cc1. The molecule has 0 saturated heterocycles. The normalized spacial score (nSPS) is 21.4. The molecule has 2 aliphatic rings. The largest absolute Gasteiger partial charge is 0.297 e. The summed E-state index contributed by atoms with van der Waals surface area (Å²) >= 11 is 0. The number of ketones is 1. The van der Waals surface area contributed by atoms with E-state index in [9.17, 15) is 13.2 Å². The average Bonchev–Trinajstić information content (AvgIpc) is 2.67. The topological polar surface area (TPSA) is 60.4 Å². The second-order valence-electron chi connectivity index (χ2n) is 7.92. The summed E-state index contributed by atoms with van der Waals surface area (Å²) in [5, 5.41) is 0. The number of benzene rings is 1. The maximum absolute atomic E-state index is 13.2. The van der Waals surface area contributed by atoms with Gasteiger partial charge in [-0.3, -0.25) is 8.98 Å². The van der Waals surface area contributed by atoms with Gasteiger partial charge in [-0.05, 0) is 50.7 Å². The van der Waals surface area contributed by atoms with E-state index >= 15 is 0 Å². The molecule has 0 bridgehead atoms. The summed E-state index contributed by atoms with van der Waals surface area (Å²) < 4.78 is 31.3. The van der Waals surface area contributed by atoms with Crippen molar-refractivity contribution in [2.75, 3.05) is 0 Å². The first-order valence-corrected chi connectivity index (χ1v) is 11.4. The van der Waals surface area contributed by atoms with Gasteiger partial charge in [0, 0.05) is 5.92 Å². The summed E-state index contributed by atoms with van der Waals surface area (Å²) in [7, 11) is -3.93. The molecule has 0 radical (unpaired) electrons. The van der Waals surface area contributed by atoms with Crippen LogP contribution in [-0.2, 0) is 19.1 Å².